The number of rotatable bonds is 3. The molecule has 1 amide bonds. The van der Waals surface area contributed by atoms with Crippen molar-refractivity contribution in [1.82, 2.24) is 10.3 Å². The minimum absolute atomic E-state index is 0.129. The Morgan fingerprint density at radius 1 is 1.25 bits per heavy atom. The largest absolute Gasteiger partial charge is 0.367 e. The monoisotopic (exact) mass is 270 g/mol. The SMILES string of the molecule is Cc1ccc(C)c(C(C)NC(=O)c2c[nH]ccc2=O)c1. The molecule has 2 N–H and O–H groups in total. The Balaban J connectivity index is 2.22. The maximum atomic E-state index is 12.1. The van der Waals surface area contributed by atoms with Crippen LogP contribution in [0.25, 0.3) is 0 Å². The molecule has 1 aromatic carbocycles. The van der Waals surface area contributed by atoms with Gasteiger partial charge in [0.1, 0.15) is 5.56 Å². The van der Waals surface area contributed by atoms with Gasteiger partial charge < -0.3 is 10.3 Å². The number of amides is 1. The minimum Gasteiger partial charge on any atom is -0.367 e. The lowest BCUT2D eigenvalue weighted by atomic mass is 10.00. The zero-order valence-corrected chi connectivity index (χ0v) is 11.9. The number of hydrogen-bond acceptors (Lipinski definition) is 2. The van der Waals surface area contributed by atoms with Crippen LogP contribution in [0.3, 0.4) is 0 Å². The summed E-state index contributed by atoms with van der Waals surface area (Å²) in [6.07, 6.45) is 2.93. The molecule has 0 saturated heterocycles. The molecule has 1 aromatic heterocycles. The molecule has 4 nitrogen and oxygen atoms in total. The fourth-order valence-corrected chi connectivity index (χ4v) is 2.17. The van der Waals surface area contributed by atoms with E-state index in [0.717, 1.165) is 16.7 Å². The van der Waals surface area contributed by atoms with Crippen LogP contribution in [-0.4, -0.2) is 10.9 Å². The summed E-state index contributed by atoms with van der Waals surface area (Å²) in [4.78, 5) is 26.5. The number of pyridine rings is 1. The van der Waals surface area contributed by atoms with Gasteiger partial charge in [0.2, 0.25) is 0 Å². The van der Waals surface area contributed by atoms with Crippen molar-refractivity contribution in [1.29, 1.82) is 0 Å². The molecule has 2 rings (SSSR count). The third-order valence-electron chi connectivity index (χ3n) is 3.32. The number of nitrogens with one attached hydrogen (secondary N) is 2. The van der Waals surface area contributed by atoms with E-state index in [9.17, 15) is 9.59 Å². The van der Waals surface area contributed by atoms with Crippen molar-refractivity contribution < 1.29 is 4.79 Å². The number of hydrogen-bond donors (Lipinski definition) is 2. The Bertz CT molecular complexity index is 689. The summed E-state index contributed by atoms with van der Waals surface area (Å²) >= 11 is 0. The zero-order chi connectivity index (χ0) is 14.7. The summed E-state index contributed by atoms with van der Waals surface area (Å²) in [6, 6.07) is 7.31. The van der Waals surface area contributed by atoms with Crippen LogP contribution in [0.2, 0.25) is 0 Å². The van der Waals surface area contributed by atoms with Gasteiger partial charge in [0.25, 0.3) is 5.91 Å². The van der Waals surface area contributed by atoms with Crippen molar-refractivity contribution in [2.45, 2.75) is 26.8 Å². The van der Waals surface area contributed by atoms with Crippen LogP contribution in [-0.2, 0) is 0 Å². The molecular formula is C16H18N2O2. The van der Waals surface area contributed by atoms with Crippen LogP contribution in [0.4, 0.5) is 0 Å². The minimum atomic E-state index is -0.361. The summed E-state index contributed by atoms with van der Waals surface area (Å²) in [5.41, 5.74) is 3.17. The molecule has 1 heterocycles. The van der Waals surface area contributed by atoms with Crippen LogP contribution in [0, 0.1) is 13.8 Å². The standard InChI is InChI=1S/C16H18N2O2/c1-10-4-5-11(2)13(8-10)12(3)18-16(20)14-9-17-7-6-15(14)19/h4-9,12H,1-3H3,(H,17,19)(H,18,20). The Morgan fingerprint density at radius 2 is 2.00 bits per heavy atom. The van der Waals surface area contributed by atoms with Gasteiger partial charge in [0, 0.05) is 18.5 Å². The third kappa shape index (κ3) is 2.96. The summed E-state index contributed by atoms with van der Waals surface area (Å²) < 4.78 is 0. The van der Waals surface area contributed by atoms with E-state index in [4.69, 9.17) is 0 Å². The van der Waals surface area contributed by atoms with Crippen LogP contribution >= 0.6 is 0 Å². The van der Waals surface area contributed by atoms with E-state index < -0.39 is 0 Å². The predicted molar refractivity (Wildman–Crippen MR) is 78.9 cm³/mol. The Hall–Kier alpha value is -2.36. The fraction of sp³-hybridized carbons (Fsp3) is 0.250. The van der Waals surface area contributed by atoms with E-state index in [1.165, 1.54) is 18.5 Å². The third-order valence-corrected chi connectivity index (χ3v) is 3.32. The van der Waals surface area contributed by atoms with Crippen LogP contribution < -0.4 is 10.7 Å². The molecule has 2 aromatic rings. The molecule has 20 heavy (non-hydrogen) atoms. The van der Waals surface area contributed by atoms with Gasteiger partial charge in [-0.25, -0.2) is 0 Å². The van der Waals surface area contributed by atoms with Gasteiger partial charge in [0.05, 0.1) is 6.04 Å². The second-order valence-corrected chi connectivity index (χ2v) is 4.98. The van der Waals surface area contributed by atoms with Crippen molar-refractivity contribution in [3.05, 3.63) is 69.1 Å². The van der Waals surface area contributed by atoms with Gasteiger partial charge in [-0.3, -0.25) is 9.59 Å². The molecule has 0 radical (unpaired) electrons. The summed E-state index contributed by atoms with van der Waals surface area (Å²) in [7, 11) is 0. The van der Waals surface area contributed by atoms with Gasteiger partial charge in [-0.1, -0.05) is 23.8 Å². The predicted octanol–water partition coefficient (Wildman–Crippen LogP) is 2.48. The van der Waals surface area contributed by atoms with Crippen molar-refractivity contribution in [2.75, 3.05) is 0 Å². The van der Waals surface area contributed by atoms with Crippen molar-refractivity contribution in [3.63, 3.8) is 0 Å². The lowest BCUT2D eigenvalue weighted by Gasteiger charge is -2.17. The average Bonchev–Trinajstić information content (AvgIpc) is 2.41. The lowest BCUT2D eigenvalue weighted by molar-refractivity contribution is 0.0938. The van der Waals surface area contributed by atoms with Crippen LogP contribution in [0.15, 0.2) is 41.5 Å². The first-order chi connectivity index (χ1) is 9.49. The molecule has 0 aliphatic heterocycles. The highest BCUT2D eigenvalue weighted by atomic mass is 16.2. The van der Waals surface area contributed by atoms with Gasteiger partial charge in [-0.15, -0.1) is 0 Å². The number of carbonyl (C=O) groups is 1. The second kappa shape index (κ2) is 5.74. The van der Waals surface area contributed by atoms with E-state index in [0.29, 0.717) is 0 Å². The van der Waals surface area contributed by atoms with Gasteiger partial charge in [-0.05, 0) is 31.9 Å². The molecule has 1 unspecified atom stereocenters. The van der Waals surface area contributed by atoms with Crippen molar-refractivity contribution in [2.24, 2.45) is 0 Å². The van der Waals surface area contributed by atoms with Crippen molar-refractivity contribution >= 4 is 5.91 Å². The number of aromatic amines is 1. The zero-order valence-electron chi connectivity index (χ0n) is 11.9. The Kier molecular flexibility index (Phi) is 4.03. The highest BCUT2D eigenvalue weighted by Gasteiger charge is 2.15. The first-order valence-corrected chi connectivity index (χ1v) is 6.54. The van der Waals surface area contributed by atoms with E-state index in [2.05, 4.69) is 16.4 Å². The molecule has 0 aliphatic carbocycles. The van der Waals surface area contributed by atoms with E-state index in [1.54, 1.807) is 0 Å². The maximum absolute atomic E-state index is 12.1. The quantitative estimate of drug-likeness (QED) is 0.900. The van der Waals surface area contributed by atoms with Gasteiger partial charge in [-0.2, -0.15) is 0 Å². The summed E-state index contributed by atoms with van der Waals surface area (Å²) in [5, 5.41) is 2.86. The van der Waals surface area contributed by atoms with Crippen LogP contribution in [0.1, 0.15) is 40.0 Å². The Labute approximate surface area is 117 Å². The van der Waals surface area contributed by atoms with Crippen LogP contribution in [0.5, 0.6) is 0 Å². The number of aryl methyl sites for hydroxylation is 2. The number of H-pyrrole nitrogens is 1. The lowest BCUT2D eigenvalue weighted by Crippen LogP contribution is -2.31. The molecule has 0 bridgehead atoms. The molecule has 1 atom stereocenters. The van der Waals surface area contributed by atoms with Gasteiger partial charge in [0.15, 0.2) is 5.43 Å². The first kappa shape index (κ1) is 14.1. The summed E-state index contributed by atoms with van der Waals surface area (Å²) in [6.45, 7) is 5.93. The highest BCUT2D eigenvalue weighted by Crippen LogP contribution is 2.19. The number of aromatic nitrogens is 1. The smallest absolute Gasteiger partial charge is 0.257 e. The van der Waals surface area contributed by atoms with Gasteiger partial charge >= 0.3 is 0 Å². The molecule has 0 spiro atoms. The normalized spacial score (nSPS) is 11.9. The first-order valence-electron chi connectivity index (χ1n) is 6.54. The molecule has 0 fully saturated rings. The van der Waals surface area contributed by atoms with E-state index in [-0.39, 0.29) is 22.9 Å². The van der Waals surface area contributed by atoms with E-state index in [1.807, 2.05) is 32.9 Å². The Morgan fingerprint density at radius 3 is 2.70 bits per heavy atom. The average molecular weight is 270 g/mol. The molecular weight excluding hydrogens is 252 g/mol. The molecule has 104 valence electrons. The highest BCUT2D eigenvalue weighted by molar-refractivity contribution is 5.94. The number of carbonyl (C=O) groups excluding carboxylic acids is 1. The molecule has 0 saturated carbocycles. The van der Waals surface area contributed by atoms with Crippen molar-refractivity contribution in [3.8, 4) is 0 Å². The van der Waals surface area contributed by atoms with E-state index >= 15 is 0 Å². The maximum Gasteiger partial charge on any atom is 0.257 e. The molecule has 0 aliphatic rings. The number of benzene rings is 1. The molecule has 4 heteroatoms. The summed E-state index contributed by atoms with van der Waals surface area (Å²) in [5.74, 6) is -0.361. The topological polar surface area (TPSA) is 62.0 Å². The second-order valence-electron chi connectivity index (χ2n) is 4.98. The fourth-order valence-electron chi connectivity index (χ4n) is 2.17.